The standard InChI is InChI=1S/C12H11FOS.C6H9FN2/c1-3-5-11(15-2)12(14)9-6-4-7-10(13)8-9;1-5-3-6(4-7)9(2)8-5/h3-8H,1H2,2H3;3H,4H2,1-2H3/b11-5-;. The predicted octanol–water partition coefficient (Wildman–Crippen LogP) is 4.64. The number of hydrogen-bond acceptors (Lipinski definition) is 3. The highest BCUT2D eigenvalue weighted by atomic mass is 32.2. The van der Waals surface area contributed by atoms with Gasteiger partial charge in [-0.1, -0.05) is 24.8 Å². The van der Waals surface area contributed by atoms with E-state index in [-0.39, 0.29) is 5.78 Å². The molecule has 0 saturated carbocycles. The second-order valence-corrected chi connectivity index (χ2v) is 5.69. The smallest absolute Gasteiger partial charge is 0.199 e. The summed E-state index contributed by atoms with van der Waals surface area (Å²) in [6.07, 6.45) is 4.97. The van der Waals surface area contributed by atoms with Crippen LogP contribution in [-0.2, 0) is 13.7 Å². The SMILES string of the molecule is C=C/C=C(\SC)C(=O)c1cccc(F)c1.Cc1cc(CF)n(C)n1. The van der Waals surface area contributed by atoms with E-state index in [1.807, 2.05) is 6.92 Å². The van der Waals surface area contributed by atoms with Crippen molar-refractivity contribution >= 4 is 17.5 Å². The van der Waals surface area contributed by atoms with Gasteiger partial charge in [0.1, 0.15) is 12.5 Å². The summed E-state index contributed by atoms with van der Waals surface area (Å²) >= 11 is 1.32. The van der Waals surface area contributed by atoms with Crippen molar-refractivity contribution in [3.8, 4) is 0 Å². The lowest BCUT2D eigenvalue weighted by atomic mass is 10.1. The van der Waals surface area contributed by atoms with E-state index in [2.05, 4.69) is 11.7 Å². The van der Waals surface area contributed by atoms with E-state index in [4.69, 9.17) is 0 Å². The quantitative estimate of drug-likeness (QED) is 0.448. The molecule has 0 fully saturated rings. The molecule has 0 amide bonds. The second-order valence-electron chi connectivity index (χ2n) is 4.84. The first-order valence-electron chi connectivity index (χ1n) is 7.15. The fraction of sp³-hybridized carbons (Fsp3) is 0.222. The number of carbonyl (C=O) groups excluding carboxylic acids is 1. The molecule has 0 saturated heterocycles. The van der Waals surface area contributed by atoms with Crippen LogP contribution in [0, 0.1) is 12.7 Å². The van der Waals surface area contributed by atoms with Gasteiger partial charge in [0, 0.05) is 12.6 Å². The number of hydrogen-bond donors (Lipinski definition) is 0. The molecule has 1 aromatic carbocycles. The minimum Gasteiger partial charge on any atom is -0.288 e. The number of thioether (sulfide) groups is 1. The molecule has 1 aromatic heterocycles. The third-order valence-electron chi connectivity index (χ3n) is 3.04. The van der Waals surface area contributed by atoms with E-state index in [0.717, 1.165) is 5.69 Å². The van der Waals surface area contributed by atoms with Gasteiger partial charge in [-0.25, -0.2) is 8.78 Å². The average molecular weight is 350 g/mol. The summed E-state index contributed by atoms with van der Waals surface area (Å²) in [5, 5.41) is 3.96. The normalized spacial score (nSPS) is 10.8. The molecule has 0 spiro atoms. The summed E-state index contributed by atoms with van der Waals surface area (Å²) in [5.41, 5.74) is 1.86. The highest BCUT2D eigenvalue weighted by Gasteiger charge is 2.10. The van der Waals surface area contributed by atoms with Crippen molar-refractivity contribution in [2.75, 3.05) is 6.26 Å². The number of aryl methyl sites for hydroxylation is 2. The van der Waals surface area contributed by atoms with Gasteiger partial charge in [-0.3, -0.25) is 9.48 Å². The molecule has 2 aromatic rings. The first kappa shape index (κ1) is 19.8. The maximum absolute atomic E-state index is 12.9. The largest absolute Gasteiger partial charge is 0.288 e. The Morgan fingerprint density at radius 3 is 2.54 bits per heavy atom. The van der Waals surface area contributed by atoms with E-state index in [1.165, 1.54) is 30.0 Å². The van der Waals surface area contributed by atoms with Crippen LogP contribution >= 0.6 is 11.8 Å². The number of rotatable bonds is 5. The van der Waals surface area contributed by atoms with Crippen molar-refractivity contribution in [2.24, 2.45) is 7.05 Å². The van der Waals surface area contributed by atoms with Gasteiger partial charge in [-0.05, 0) is 37.5 Å². The minimum absolute atomic E-state index is 0.179. The number of alkyl halides is 1. The molecule has 0 aliphatic rings. The highest BCUT2D eigenvalue weighted by Crippen LogP contribution is 2.18. The Labute approximate surface area is 145 Å². The summed E-state index contributed by atoms with van der Waals surface area (Å²) in [5.74, 6) is -0.582. The van der Waals surface area contributed by atoms with Gasteiger partial charge in [-0.15, -0.1) is 11.8 Å². The molecule has 6 heteroatoms. The van der Waals surface area contributed by atoms with Crippen LogP contribution in [0.1, 0.15) is 21.7 Å². The van der Waals surface area contributed by atoms with Crippen LogP contribution in [0.25, 0.3) is 0 Å². The maximum Gasteiger partial charge on any atom is 0.199 e. The molecule has 24 heavy (non-hydrogen) atoms. The molecule has 0 aliphatic carbocycles. The van der Waals surface area contributed by atoms with Crippen LogP contribution in [-0.4, -0.2) is 21.8 Å². The van der Waals surface area contributed by atoms with Crippen LogP contribution < -0.4 is 0 Å². The molecule has 0 bridgehead atoms. The van der Waals surface area contributed by atoms with Gasteiger partial charge < -0.3 is 0 Å². The molecule has 0 N–H and O–H groups in total. The van der Waals surface area contributed by atoms with E-state index < -0.39 is 12.5 Å². The Hall–Kier alpha value is -2.21. The van der Waals surface area contributed by atoms with Crippen LogP contribution in [0.4, 0.5) is 8.78 Å². The van der Waals surface area contributed by atoms with Crippen molar-refractivity contribution in [3.63, 3.8) is 0 Å². The van der Waals surface area contributed by atoms with Crippen molar-refractivity contribution in [2.45, 2.75) is 13.6 Å². The fourth-order valence-corrected chi connectivity index (χ4v) is 2.44. The number of halogens is 2. The van der Waals surface area contributed by atoms with Crippen molar-refractivity contribution < 1.29 is 13.6 Å². The zero-order valence-corrected chi connectivity index (χ0v) is 14.7. The van der Waals surface area contributed by atoms with Gasteiger partial charge >= 0.3 is 0 Å². The maximum atomic E-state index is 12.9. The molecular formula is C18H20F2N2OS. The summed E-state index contributed by atoms with van der Waals surface area (Å²) < 4.78 is 26.4. The molecule has 2 rings (SSSR count). The number of allylic oxidation sites excluding steroid dienone is 3. The van der Waals surface area contributed by atoms with E-state index in [1.54, 1.807) is 42.3 Å². The summed E-state index contributed by atoms with van der Waals surface area (Å²) in [7, 11) is 1.74. The van der Waals surface area contributed by atoms with E-state index in [0.29, 0.717) is 16.2 Å². The molecule has 3 nitrogen and oxygen atoms in total. The Morgan fingerprint density at radius 1 is 1.42 bits per heavy atom. The average Bonchev–Trinajstić information content (AvgIpc) is 2.90. The third-order valence-corrected chi connectivity index (χ3v) is 3.80. The third kappa shape index (κ3) is 5.77. The Bertz CT molecular complexity index is 738. The fourth-order valence-electron chi connectivity index (χ4n) is 1.90. The van der Waals surface area contributed by atoms with Gasteiger partial charge in [0.2, 0.25) is 0 Å². The molecule has 0 radical (unpaired) electrons. The zero-order valence-electron chi connectivity index (χ0n) is 13.9. The molecule has 0 aliphatic heterocycles. The lowest BCUT2D eigenvalue weighted by Gasteiger charge is -2.02. The Kier molecular flexibility index (Phi) is 8.12. The predicted molar refractivity (Wildman–Crippen MR) is 95.3 cm³/mol. The molecular weight excluding hydrogens is 330 g/mol. The first-order valence-corrected chi connectivity index (χ1v) is 8.37. The van der Waals surface area contributed by atoms with Crippen molar-refractivity contribution in [3.05, 3.63) is 76.7 Å². The van der Waals surface area contributed by atoms with Crippen molar-refractivity contribution in [1.29, 1.82) is 0 Å². The van der Waals surface area contributed by atoms with Crippen molar-refractivity contribution in [1.82, 2.24) is 9.78 Å². The first-order chi connectivity index (χ1) is 11.4. The van der Waals surface area contributed by atoms with E-state index >= 15 is 0 Å². The van der Waals surface area contributed by atoms with Gasteiger partial charge in [0.25, 0.3) is 0 Å². The summed E-state index contributed by atoms with van der Waals surface area (Å²) in [4.78, 5) is 12.4. The number of ketones is 1. The lowest BCUT2D eigenvalue weighted by Crippen LogP contribution is -2.00. The highest BCUT2D eigenvalue weighted by molar-refractivity contribution is 8.03. The minimum atomic E-state index is -0.433. The molecule has 0 unspecified atom stereocenters. The van der Waals surface area contributed by atoms with Crippen LogP contribution in [0.3, 0.4) is 0 Å². The lowest BCUT2D eigenvalue weighted by molar-refractivity contribution is 0.104. The van der Waals surface area contributed by atoms with Crippen LogP contribution in [0.15, 0.2) is 54.0 Å². The summed E-state index contributed by atoms with van der Waals surface area (Å²) in [6, 6.07) is 7.40. The monoisotopic (exact) mass is 350 g/mol. The number of benzene rings is 1. The topological polar surface area (TPSA) is 34.9 Å². The number of aromatic nitrogens is 2. The molecule has 1 heterocycles. The Morgan fingerprint density at radius 2 is 2.12 bits per heavy atom. The van der Waals surface area contributed by atoms with Gasteiger partial charge in [0.15, 0.2) is 5.78 Å². The second kappa shape index (κ2) is 9.82. The van der Waals surface area contributed by atoms with Gasteiger partial charge in [0.05, 0.1) is 16.3 Å². The van der Waals surface area contributed by atoms with E-state index in [9.17, 15) is 13.6 Å². The van der Waals surface area contributed by atoms with Gasteiger partial charge in [-0.2, -0.15) is 5.10 Å². The number of Topliss-reactive ketones (excluding diaryl/α,β-unsaturated/α-hetero) is 1. The van der Waals surface area contributed by atoms with Crippen LogP contribution in [0.5, 0.6) is 0 Å². The molecule has 128 valence electrons. The Balaban J connectivity index is 0.000000272. The zero-order chi connectivity index (χ0) is 18.1. The number of nitrogens with zero attached hydrogens (tertiary/aromatic N) is 2. The molecule has 0 atom stereocenters. The summed E-state index contributed by atoms with van der Waals surface area (Å²) in [6.45, 7) is 4.94. The number of carbonyl (C=O) groups is 1. The van der Waals surface area contributed by atoms with Crippen LogP contribution in [0.2, 0.25) is 0 Å².